The first kappa shape index (κ1) is 28.5. The molecule has 0 fully saturated rings. The fraction of sp³-hybridized carbons (Fsp3) is 0.346. The molecule has 9 nitrogen and oxygen atoms in total. The second-order valence-electron chi connectivity index (χ2n) is 8.22. The molecule has 0 saturated heterocycles. The molecule has 0 heterocycles. The predicted octanol–water partition coefficient (Wildman–Crippen LogP) is 2.89. The number of esters is 1. The number of carbonyl (C=O) groups is 1. The van der Waals surface area contributed by atoms with Crippen molar-refractivity contribution >= 4 is 16.0 Å². The lowest BCUT2D eigenvalue weighted by Crippen LogP contribution is -2.55. The quantitative estimate of drug-likeness (QED) is 0.279. The maximum absolute atomic E-state index is 13.7. The van der Waals surface area contributed by atoms with Crippen molar-refractivity contribution in [2.24, 2.45) is 5.92 Å². The number of hydrogen-bond donors (Lipinski definition) is 3. The summed E-state index contributed by atoms with van der Waals surface area (Å²) in [4.78, 5) is 12.7. The summed E-state index contributed by atoms with van der Waals surface area (Å²) < 4.78 is 58.5. The Labute approximate surface area is 215 Å². The molecule has 2 aromatic rings. The van der Waals surface area contributed by atoms with Crippen molar-refractivity contribution in [3.8, 4) is 16.9 Å². The van der Waals surface area contributed by atoms with Gasteiger partial charge < -0.3 is 24.4 Å². The molecule has 0 amide bonds. The number of benzene rings is 2. The molecule has 37 heavy (non-hydrogen) atoms. The Morgan fingerprint density at radius 1 is 1.11 bits per heavy atom. The van der Waals surface area contributed by atoms with Crippen molar-refractivity contribution in [1.82, 2.24) is 4.72 Å². The SMILES string of the molecule is CCOCC(COCC)OC(=O)C1C=CC=CC1(O)NS(=O)(=O)c1cccc(-c2cc(F)ccc2O)c1. The molecule has 3 N–H and O–H groups in total. The standard InChI is InChI=1S/C26H30FNO8S/c1-3-34-16-20(17-35-4-2)36-25(30)23-10-5-6-13-26(23,31)28-37(32,33)21-9-7-8-18(14-21)22-15-19(27)11-12-24(22)29/h5-15,20,23,28-29,31H,3-4,16-17H2,1-2H3. The van der Waals surface area contributed by atoms with Crippen LogP contribution in [0.2, 0.25) is 0 Å². The number of nitrogens with one attached hydrogen (secondary N) is 1. The Bertz CT molecular complexity index is 1250. The van der Waals surface area contributed by atoms with E-state index in [2.05, 4.69) is 4.72 Å². The monoisotopic (exact) mass is 535 g/mol. The first-order valence-electron chi connectivity index (χ1n) is 11.7. The van der Waals surface area contributed by atoms with Crippen LogP contribution in [0.5, 0.6) is 5.75 Å². The van der Waals surface area contributed by atoms with Crippen LogP contribution < -0.4 is 4.72 Å². The zero-order valence-electron chi connectivity index (χ0n) is 20.5. The Balaban J connectivity index is 1.85. The lowest BCUT2D eigenvalue weighted by Gasteiger charge is -2.33. The average molecular weight is 536 g/mol. The van der Waals surface area contributed by atoms with E-state index < -0.39 is 39.6 Å². The van der Waals surface area contributed by atoms with Crippen molar-refractivity contribution in [3.63, 3.8) is 0 Å². The Kier molecular flexibility index (Phi) is 9.57. The van der Waals surface area contributed by atoms with Crippen LogP contribution in [0.3, 0.4) is 0 Å². The van der Waals surface area contributed by atoms with Crippen LogP contribution in [-0.2, 0) is 29.0 Å². The zero-order valence-corrected chi connectivity index (χ0v) is 21.3. The van der Waals surface area contributed by atoms with Gasteiger partial charge in [0.1, 0.15) is 23.6 Å². The van der Waals surface area contributed by atoms with Gasteiger partial charge in [-0.05, 0) is 55.8 Å². The van der Waals surface area contributed by atoms with Gasteiger partial charge in [0.25, 0.3) is 0 Å². The van der Waals surface area contributed by atoms with Gasteiger partial charge in [-0.1, -0.05) is 30.4 Å². The van der Waals surface area contributed by atoms with Crippen molar-refractivity contribution in [3.05, 3.63) is 72.6 Å². The van der Waals surface area contributed by atoms with Gasteiger partial charge in [-0.15, -0.1) is 0 Å². The first-order valence-corrected chi connectivity index (χ1v) is 13.1. The van der Waals surface area contributed by atoms with Gasteiger partial charge in [0.05, 0.1) is 18.1 Å². The minimum atomic E-state index is -4.41. The van der Waals surface area contributed by atoms with Crippen LogP contribution in [0.25, 0.3) is 11.1 Å². The Morgan fingerprint density at radius 3 is 2.49 bits per heavy atom. The van der Waals surface area contributed by atoms with E-state index in [0.29, 0.717) is 13.2 Å². The number of allylic oxidation sites excluding steroid dienone is 2. The van der Waals surface area contributed by atoms with Crippen LogP contribution >= 0.6 is 0 Å². The number of halogens is 1. The van der Waals surface area contributed by atoms with Crippen molar-refractivity contribution in [1.29, 1.82) is 0 Å². The third-order valence-corrected chi connectivity index (χ3v) is 6.97. The van der Waals surface area contributed by atoms with Crippen molar-refractivity contribution in [2.75, 3.05) is 26.4 Å². The van der Waals surface area contributed by atoms with E-state index in [9.17, 15) is 27.8 Å². The molecule has 0 radical (unpaired) electrons. The number of rotatable bonds is 12. The maximum Gasteiger partial charge on any atom is 0.318 e. The molecule has 1 aliphatic carbocycles. The second kappa shape index (κ2) is 12.4. The summed E-state index contributed by atoms with van der Waals surface area (Å²) in [6, 6.07) is 8.70. The minimum Gasteiger partial charge on any atom is -0.507 e. The van der Waals surface area contributed by atoms with E-state index in [1.54, 1.807) is 13.8 Å². The summed E-state index contributed by atoms with van der Waals surface area (Å²) in [5.74, 6) is -3.14. The smallest absolute Gasteiger partial charge is 0.318 e. The van der Waals surface area contributed by atoms with Crippen LogP contribution in [0, 0.1) is 11.7 Å². The molecule has 0 aliphatic heterocycles. The Hall–Kier alpha value is -3.09. The topological polar surface area (TPSA) is 131 Å². The average Bonchev–Trinajstić information content (AvgIpc) is 2.86. The number of ether oxygens (including phenoxy) is 3. The molecule has 3 rings (SSSR count). The van der Waals surface area contributed by atoms with E-state index in [1.165, 1.54) is 42.5 Å². The molecule has 2 aromatic carbocycles. The molecule has 1 aliphatic rings. The molecular formula is C26H30FNO8S. The molecule has 2 atom stereocenters. The van der Waals surface area contributed by atoms with Crippen LogP contribution in [-0.4, -0.2) is 62.9 Å². The number of sulfonamides is 1. The van der Waals surface area contributed by atoms with Gasteiger partial charge in [-0.2, -0.15) is 4.72 Å². The largest absolute Gasteiger partial charge is 0.507 e. The summed E-state index contributed by atoms with van der Waals surface area (Å²) >= 11 is 0. The van der Waals surface area contributed by atoms with Gasteiger partial charge in [-0.25, -0.2) is 12.8 Å². The van der Waals surface area contributed by atoms with Gasteiger partial charge in [0.2, 0.25) is 10.0 Å². The third-order valence-electron chi connectivity index (χ3n) is 5.50. The molecule has 200 valence electrons. The van der Waals surface area contributed by atoms with E-state index in [-0.39, 0.29) is 35.0 Å². The number of aromatic hydroxyl groups is 1. The lowest BCUT2D eigenvalue weighted by molar-refractivity contribution is -0.165. The highest BCUT2D eigenvalue weighted by Gasteiger charge is 2.44. The van der Waals surface area contributed by atoms with Crippen LogP contribution in [0.4, 0.5) is 4.39 Å². The summed E-state index contributed by atoms with van der Waals surface area (Å²) in [7, 11) is -4.41. The second-order valence-corrected chi connectivity index (χ2v) is 9.90. The molecule has 0 bridgehead atoms. The van der Waals surface area contributed by atoms with Gasteiger partial charge >= 0.3 is 5.97 Å². The predicted molar refractivity (Wildman–Crippen MR) is 133 cm³/mol. The van der Waals surface area contributed by atoms with Crippen LogP contribution in [0.15, 0.2) is 71.7 Å². The maximum atomic E-state index is 13.7. The first-order chi connectivity index (χ1) is 17.6. The molecule has 11 heteroatoms. The minimum absolute atomic E-state index is 0.0678. The molecule has 0 spiro atoms. The van der Waals surface area contributed by atoms with Gasteiger partial charge in [-0.3, -0.25) is 4.79 Å². The number of hydrogen-bond acceptors (Lipinski definition) is 8. The van der Waals surface area contributed by atoms with E-state index >= 15 is 0 Å². The molecular weight excluding hydrogens is 505 g/mol. The van der Waals surface area contributed by atoms with E-state index in [4.69, 9.17) is 14.2 Å². The van der Waals surface area contributed by atoms with Gasteiger partial charge in [0.15, 0.2) is 5.72 Å². The fourth-order valence-corrected chi connectivity index (χ4v) is 4.96. The van der Waals surface area contributed by atoms with Crippen LogP contribution in [0.1, 0.15) is 13.8 Å². The van der Waals surface area contributed by atoms with E-state index in [1.807, 2.05) is 0 Å². The number of carbonyl (C=O) groups excluding carboxylic acids is 1. The summed E-state index contributed by atoms with van der Waals surface area (Å²) in [5, 5.41) is 21.4. The van der Waals surface area contributed by atoms with E-state index in [0.717, 1.165) is 24.3 Å². The third kappa shape index (κ3) is 7.24. The van der Waals surface area contributed by atoms with Gasteiger partial charge in [0, 0.05) is 18.8 Å². The summed E-state index contributed by atoms with van der Waals surface area (Å²) in [5.41, 5.74) is -2.02. The summed E-state index contributed by atoms with van der Waals surface area (Å²) in [6.45, 7) is 4.49. The highest BCUT2D eigenvalue weighted by atomic mass is 32.2. The highest BCUT2D eigenvalue weighted by molar-refractivity contribution is 7.89. The number of phenols is 1. The molecule has 2 unspecified atom stereocenters. The summed E-state index contributed by atoms with van der Waals surface area (Å²) in [6.07, 6.45) is 4.58. The highest BCUT2D eigenvalue weighted by Crippen LogP contribution is 2.32. The number of phenolic OH excluding ortho intramolecular Hbond substituents is 1. The van der Waals surface area contributed by atoms with Crippen molar-refractivity contribution in [2.45, 2.75) is 30.6 Å². The molecule has 0 saturated carbocycles. The Morgan fingerprint density at radius 2 is 1.81 bits per heavy atom. The fourth-order valence-electron chi connectivity index (χ4n) is 3.68. The number of aliphatic hydroxyl groups is 1. The van der Waals surface area contributed by atoms with Crippen molar-refractivity contribution < 1.29 is 42.0 Å². The normalized spacial score (nSPS) is 19.3. The lowest BCUT2D eigenvalue weighted by atomic mass is 9.92. The zero-order chi connectivity index (χ0) is 27.1. The molecule has 0 aromatic heterocycles.